The molecule has 1 aliphatic heterocycles. The third kappa shape index (κ3) is 3.12. The highest BCUT2D eigenvalue weighted by Crippen LogP contribution is 2.34. The van der Waals surface area contributed by atoms with Crippen LogP contribution in [0.25, 0.3) is 16.8 Å². The van der Waals surface area contributed by atoms with Crippen LogP contribution < -0.4 is 9.47 Å². The number of benzene rings is 1. The zero-order valence-corrected chi connectivity index (χ0v) is 15.8. The third-order valence-electron chi connectivity index (χ3n) is 5.22. The summed E-state index contributed by atoms with van der Waals surface area (Å²) in [6.07, 6.45) is 2.92. The number of ether oxygens (including phenoxy) is 2. The Hall–Kier alpha value is -3.02. The van der Waals surface area contributed by atoms with E-state index in [0.29, 0.717) is 6.54 Å². The minimum Gasteiger partial charge on any atom is -0.497 e. The van der Waals surface area contributed by atoms with Gasteiger partial charge < -0.3 is 18.8 Å². The van der Waals surface area contributed by atoms with Gasteiger partial charge in [-0.15, -0.1) is 0 Å². The van der Waals surface area contributed by atoms with Gasteiger partial charge in [0.05, 0.1) is 25.4 Å². The highest BCUT2D eigenvalue weighted by Gasteiger charge is 2.29. The lowest BCUT2D eigenvalue weighted by Crippen LogP contribution is -2.25. The number of carbonyl (C=O) groups excluding carboxylic acids is 1. The van der Waals surface area contributed by atoms with Crippen LogP contribution in [0.4, 0.5) is 0 Å². The maximum atomic E-state index is 11.7. The van der Waals surface area contributed by atoms with Crippen molar-refractivity contribution in [1.29, 1.82) is 0 Å². The summed E-state index contributed by atoms with van der Waals surface area (Å²) in [6, 6.07) is 11.8. The molecule has 27 heavy (non-hydrogen) atoms. The Labute approximate surface area is 158 Å². The Morgan fingerprint density at radius 3 is 2.63 bits per heavy atom. The van der Waals surface area contributed by atoms with Gasteiger partial charge >= 0.3 is 0 Å². The standard InChI is InChI=1S/C21H23N3O3/c1-14(25)23-9-7-16(13-23)21-22-20(15-5-4-6-17(11-15)26-2)19-12-18(27-3)8-10-24(19)21/h4-6,8,10-12,16H,7,9,13H2,1-3H3. The highest BCUT2D eigenvalue weighted by atomic mass is 16.5. The predicted octanol–water partition coefficient (Wildman–Crippen LogP) is 3.35. The second-order valence-corrected chi connectivity index (χ2v) is 6.82. The monoisotopic (exact) mass is 365 g/mol. The number of aromatic nitrogens is 2. The van der Waals surface area contributed by atoms with Gasteiger partial charge in [0.2, 0.25) is 5.91 Å². The van der Waals surface area contributed by atoms with Gasteiger partial charge in [0.25, 0.3) is 0 Å². The van der Waals surface area contributed by atoms with Gasteiger partial charge in [-0.1, -0.05) is 12.1 Å². The lowest BCUT2D eigenvalue weighted by molar-refractivity contribution is -0.127. The molecule has 0 saturated carbocycles. The van der Waals surface area contributed by atoms with Crippen molar-refractivity contribution in [2.24, 2.45) is 0 Å². The Morgan fingerprint density at radius 2 is 1.93 bits per heavy atom. The van der Waals surface area contributed by atoms with E-state index in [1.807, 2.05) is 47.5 Å². The molecule has 6 heteroatoms. The molecule has 3 heterocycles. The van der Waals surface area contributed by atoms with Crippen LogP contribution in [0.1, 0.15) is 25.1 Å². The Kier molecular flexibility index (Phi) is 4.48. The van der Waals surface area contributed by atoms with Crippen molar-refractivity contribution in [2.45, 2.75) is 19.3 Å². The fourth-order valence-corrected chi connectivity index (χ4v) is 3.74. The van der Waals surface area contributed by atoms with Crippen molar-refractivity contribution in [1.82, 2.24) is 14.3 Å². The molecule has 0 aliphatic carbocycles. The molecular weight excluding hydrogens is 342 g/mol. The van der Waals surface area contributed by atoms with E-state index >= 15 is 0 Å². The van der Waals surface area contributed by atoms with Crippen molar-refractivity contribution in [3.05, 3.63) is 48.4 Å². The fourth-order valence-electron chi connectivity index (χ4n) is 3.74. The fraction of sp³-hybridized carbons (Fsp3) is 0.333. The molecule has 0 spiro atoms. The first-order valence-corrected chi connectivity index (χ1v) is 9.06. The average molecular weight is 365 g/mol. The molecule has 1 atom stereocenters. The van der Waals surface area contributed by atoms with Crippen LogP contribution in [0, 0.1) is 0 Å². The Bertz CT molecular complexity index is 996. The number of amides is 1. The largest absolute Gasteiger partial charge is 0.497 e. The summed E-state index contributed by atoms with van der Waals surface area (Å²) in [6.45, 7) is 3.11. The molecule has 3 aromatic rings. The van der Waals surface area contributed by atoms with Gasteiger partial charge in [-0.25, -0.2) is 4.98 Å². The quantitative estimate of drug-likeness (QED) is 0.711. The first-order valence-electron chi connectivity index (χ1n) is 9.06. The Balaban J connectivity index is 1.84. The van der Waals surface area contributed by atoms with Crippen LogP contribution in [-0.2, 0) is 4.79 Å². The van der Waals surface area contributed by atoms with E-state index in [9.17, 15) is 4.79 Å². The smallest absolute Gasteiger partial charge is 0.219 e. The van der Waals surface area contributed by atoms with Crippen LogP contribution >= 0.6 is 0 Å². The molecule has 1 amide bonds. The average Bonchev–Trinajstić information content (AvgIpc) is 3.32. The van der Waals surface area contributed by atoms with E-state index in [0.717, 1.165) is 47.1 Å². The molecule has 1 saturated heterocycles. The minimum absolute atomic E-state index is 0.119. The van der Waals surface area contributed by atoms with Gasteiger partial charge in [0, 0.05) is 43.8 Å². The van der Waals surface area contributed by atoms with Gasteiger partial charge in [-0.3, -0.25) is 4.79 Å². The highest BCUT2D eigenvalue weighted by molar-refractivity contribution is 5.79. The summed E-state index contributed by atoms with van der Waals surface area (Å²) >= 11 is 0. The summed E-state index contributed by atoms with van der Waals surface area (Å²) in [7, 11) is 3.32. The Morgan fingerprint density at radius 1 is 1.15 bits per heavy atom. The second-order valence-electron chi connectivity index (χ2n) is 6.82. The van der Waals surface area contributed by atoms with E-state index in [2.05, 4.69) is 4.40 Å². The van der Waals surface area contributed by atoms with E-state index in [1.54, 1.807) is 21.1 Å². The van der Waals surface area contributed by atoms with Crippen LogP contribution in [0.15, 0.2) is 42.6 Å². The zero-order chi connectivity index (χ0) is 19.0. The third-order valence-corrected chi connectivity index (χ3v) is 5.22. The molecule has 140 valence electrons. The number of likely N-dealkylation sites (tertiary alicyclic amines) is 1. The zero-order valence-electron chi connectivity index (χ0n) is 15.8. The van der Waals surface area contributed by atoms with Crippen LogP contribution in [0.2, 0.25) is 0 Å². The van der Waals surface area contributed by atoms with Crippen molar-refractivity contribution in [3.63, 3.8) is 0 Å². The molecule has 1 unspecified atom stereocenters. The summed E-state index contributed by atoms with van der Waals surface area (Å²) in [5, 5.41) is 0. The number of methoxy groups -OCH3 is 2. The van der Waals surface area contributed by atoms with Gasteiger partial charge in [-0.05, 0) is 24.6 Å². The van der Waals surface area contributed by atoms with Crippen LogP contribution in [-0.4, -0.2) is 47.5 Å². The number of hydrogen-bond donors (Lipinski definition) is 0. The van der Waals surface area contributed by atoms with Crippen molar-refractivity contribution in [3.8, 4) is 22.8 Å². The lowest BCUT2D eigenvalue weighted by atomic mass is 10.1. The SMILES string of the molecule is COc1cccc(-c2nc(C3CCN(C(C)=O)C3)n3ccc(OC)cc23)c1. The van der Waals surface area contributed by atoms with E-state index in [1.165, 1.54) is 0 Å². The molecule has 1 aromatic carbocycles. The number of nitrogens with zero attached hydrogens (tertiary/aromatic N) is 3. The predicted molar refractivity (Wildman–Crippen MR) is 103 cm³/mol. The number of imidazole rings is 1. The molecule has 2 aromatic heterocycles. The number of pyridine rings is 1. The van der Waals surface area contributed by atoms with E-state index < -0.39 is 0 Å². The number of fused-ring (bicyclic) bond motifs is 1. The molecular formula is C21H23N3O3. The van der Waals surface area contributed by atoms with E-state index in [-0.39, 0.29) is 11.8 Å². The number of rotatable bonds is 4. The van der Waals surface area contributed by atoms with Crippen LogP contribution in [0.5, 0.6) is 11.5 Å². The van der Waals surface area contributed by atoms with Crippen molar-refractivity contribution >= 4 is 11.4 Å². The summed E-state index contributed by atoms with van der Waals surface area (Å²) in [5.41, 5.74) is 2.87. The van der Waals surface area contributed by atoms with Gasteiger partial charge in [0.15, 0.2) is 0 Å². The molecule has 1 fully saturated rings. The van der Waals surface area contributed by atoms with Gasteiger partial charge in [-0.2, -0.15) is 0 Å². The molecule has 0 N–H and O–H groups in total. The maximum Gasteiger partial charge on any atom is 0.219 e. The second kappa shape index (κ2) is 6.95. The summed E-state index contributed by atoms with van der Waals surface area (Å²) in [4.78, 5) is 18.6. The summed E-state index contributed by atoms with van der Waals surface area (Å²) < 4.78 is 12.9. The first-order chi connectivity index (χ1) is 13.1. The van der Waals surface area contributed by atoms with E-state index in [4.69, 9.17) is 14.5 Å². The molecule has 0 bridgehead atoms. The number of hydrogen-bond acceptors (Lipinski definition) is 4. The topological polar surface area (TPSA) is 56.1 Å². The lowest BCUT2D eigenvalue weighted by Gasteiger charge is -2.13. The first kappa shape index (κ1) is 17.4. The molecule has 1 aliphatic rings. The minimum atomic E-state index is 0.119. The molecule has 0 radical (unpaired) electrons. The van der Waals surface area contributed by atoms with Gasteiger partial charge in [0.1, 0.15) is 17.3 Å². The van der Waals surface area contributed by atoms with Crippen molar-refractivity contribution in [2.75, 3.05) is 27.3 Å². The normalized spacial score (nSPS) is 16.7. The van der Waals surface area contributed by atoms with Crippen molar-refractivity contribution < 1.29 is 14.3 Å². The molecule has 6 nitrogen and oxygen atoms in total. The summed E-state index contributed by atoms with van der Waals surface area (Å²) in [5.74, 6) is 2.90. The van der Waals surface area contributed by atoms with Crippen LogP contribution in [0.3, 0.4) is 0 Å². The number of carbonyl (C=O) groups is 1. The maximum absolute atomic E-state index is 11.7. The molecule has 4 rings (SSSR count).